The maximum absolute atomic E-state index is 2.35. The van der Waals surface area contributed by atoms with Crippen molar-refractivity contribution in [2.75, 3.05) is 4.90 Å². The van der Waals surface area contributed by atoms with Gasteiger partial charge in [0.25, 0.3) is 0 Å². The van der Waals surface area contributed by atoms with Crippen LogP contribution in [0, 0.1) is 0 Å². The summed E-state index contributed by atoms with van der Waals surface area (Å²) in [6.07, 6.45) is 0. The zero-order chi connectivity index (χ0) is 42.0. The molecule has 0 amide bonds. The van der Waals surface area contributed by atoms with E-state index in [-0.39, 0.29) is 0 Å². The van der Waals surface area contributed by atoms with Crippen LogP contribution in [-0.4, -0.2) is 0 Å². The van der Waals surface area contributed by atoms with E-state index in [2.05, 4.69) is 266 Å². The van der Waals surface area contributed by atoms with Gasteiger partial charge in [-0.05, 0) is 125 Å². The van der Waals surface area contributed by atoms with Crippen LogP contribution in [0.25, 0.3) is 88.3 Å². The molecule has 0 aliphatic carbocycles. The summed E-state index contributed by atoms with van der Waals surface area (Å²) in [7, 11) is 0. The first-order chi connectivity index (χ1) is 31.3. The number of hydrogen-bond donors (Lipinski definition) is 0. The lowest BCUT2D eigenvalue weighted by atomic mass is 9.83. The van der Waals surface area contributed by atoms with E-state index in [9.17, 15) is 0 Å². The average Bonchev–Trinajstić information content (AvgIpc) is 3.37. The molecule has 63 heavy (non-hydrogen) atoms. The van der Waals surface area contributed by atoms with E-state index in [1.165, 1.54) is 88.3 Å². The molecule has 1 heteroatoms. The van der Waals surface area contributed by atoms with Crippen LogP contribution < -0.4 is 4.90 Å². The average molecular weight is 802 g/mol. The highest BCUT2D eigenvalue weighted by molar-refractivity contribution is 6.25. The Morgan fingerprint density at radius 1 is 0.190 bits per heavy atom. The fourth-order valence-corrected chi connectivity index (χ4v) is 9.46. The van der Waals surface area contributed by atoms with E-state index in [0.717, 1.165) is 17.1 Å². The highest BCUT2D eigenvalue weighted by atomic mass is 15.1. The van der Waals surface area contributed by atoms with Crippen LogP contribution in [0.4, 0.5) is 17.1 Å². The summed E-state index contributed by atoms with van der Waals surface area (Å²) in [6, 6.07) is 94.4. The number of hydrogen-bond acceptors (Lipinski definition) is 1. The number of benzene rings is 11. The molecule has 296 valence electrons. The van der Waals surface area contributed by atoms with Crippen LogP contribution >= 0.6 is 0 Å². The van der Waals surface area contributed by atoms with Crippen molar-refractivity contribution in [1.29, 1.82) is 0 Å². The Kier molecular flexibility index (Phi) is 9.97. The lowest BCUT2D eigenvalue weighted by molar-refractivity contribution is 1.28. The Labute approximate surface area is 369 Å². The molecule has 0 aromatic heterocycles. The van der Waals surface area contributed by atoms with Gasteiger partial charge in [0.15, 0.2) is 0 Å². The molecular formula is C62H43N. The first-order valence-corrected chi connectivity index (χ1v) is 21.7. The molecule has 0 N–H and O–H groups in total. The van der Waals surface area contributed by atoms with Crippen molar-refractivity contribution in [2.45, 2.75) is 0 Å². The van der Waals surface area contributed by atoms with Gasteiger partial charge >= 0.3 is 0 Å². The molecule has 11 aromatic rings. The number of rotatable bonds is 9. The van der Waals surface area contributed by atoms with Gasteiger partial charge in [-0.3, -0.25) is 0 Å². The minimum Gasteiger partial charge on any atom is -0.311 e. The maximum Gasteiger partial charge on any atom is 0.0462 e. The molecule has 1 nitrogen and oxygen atoms in total. The third-order valence-corrected chi connectivity index (χ3v) is 12.3. The van der Waals surface area contributed by atoms with E-state index < -0.39 is 0 Å². The Morgan fingerprint density at radius 2 is 0.524 bits per heavy atom. The van der Waals surface area contributed by atoms with E-state index in [1.807, 2.05) is 0 Å². The molecule has 11 aromatic carbocycles. The zero-order valence-electron chi connectivity index (χ0n) is 34.8. The fraction of sp³-hybridized carbons (Fsp3) is 0. The summed E-state index contributed by atoms with van der Waals surface area (Å²) in [4.78, 5) is 2.35. The van der Waals surface area contributed by atoms with Crippen molar-refractivity contribution in [3.05, 3.63) is 261 Å². The number of fused-ring (bicyclic) bond motifs is 3. The Balaban J connectivity index is 1.02. The largest absolute Gasteiger partial charge is 0.311 e. The van der Waals surface area contributed by atoms with Gasteiger partial charge in [0.2, 0.25) is 0 Å². The molecule has 11 rings (SSSR count). The third-order valence-electron chi connectivity index (χ3n) is 12.3. The SMILES string of the molecule is c1ccc(-c2cccc(-c3ccc(N(c4ccccc4)c4ccc(-c5cccc6c(-c7ccccc7)c(-c7ccccc7)c7ccccc7c56)cc4)cc3)c2-c2ccccc2)cc1. The van der Waals surface area contributed by atoms with Gasteiger partial charge < -0.3 is 4.90 Å². The van der Waals surface area contributed by atoms with Crippen molar-refractivity contribution in [2.24, 2.45) is 0 Å². The van der Waals surface area contributed by atoms with Crippen molar-refractivity contribution in [3.8, 4) is 66.8 Å². The van der Waals surface area contributed by atoms with Gasteiger partial charge in [-0.15, -0.1) is 0 Å². The lowest BCUT2D eigenvalue weighted by Crippen LogP contribution is -2.09. The minimum absolute atomic E-state index is 1.09. The molecule has 0 spiro atoms. The van der Waals surface area contributed by atoms with Gasteiger partial charge in [-0.1, -0.05) is 224 Å². The second kappa shape index (κ2) is 16.7. The summed E-state index contributed by atoms with van der Waals surface area (Å²) in [5, 5.41) is 5.01. The Bertz CT molecular complexity index is 3320. The third kappa shape index (κ3) is 7.06. The molecule has 0 atom stereocenters. The van der Waals surface area contributed by atoms with Crippen LogP contribution in [-0.2, 0) is 0 Å². The van der Waals surface area contributed by atoms with E-state index in [1.54, 1.807) is 0 Å². The number of anilines is 3. The normalized spacial score (nSPS) is 11.2. The lowest BCUT2D eigenvalue weighted by Gasteiger charge is -2.26. The van der Waals surface area contributed by atoms with Gasteiger partial charge in [0, 0.05) is 17.1 Å². The Morgan fingerprint density at radius 3 is 1.05 bits per heavy atom. The molecule has 0 aliphatic heterocycles. The summed E-state index contributed by atoms with van der Waals surface area (Å²) in [5.41, 5.74) is 17.9. The van der Waals surface area contributed by atoms with Crippen molar-refractivity contribution >= 4 is 38.6 Å². The monoisotopic (exact) mass is 801 g/mol. The summed E-state index contributed by atoms with van der Waals surface area (Å²) < 4.78 is 0. The molecular weight excluding hydrogens is 759 g/mol. The number of para-hydroxylation sites is 1. The van der Waals surface area contributed by atoms with E-state index >= 15 is 0 Å². The van der Waals surface area contributed by atoms with Crippen LogP contribution in [0.3, 0.4) is 0 Å². The molecule has 0 saturated carbocycles. The van der Waals surface area contributed by atoms with Crippen LogP contribution in [0.5, 0.6) is 0 Å². The van der Waals surface area contributed by atoms with Crippen molar-refractivity contribution in [3.63, 3.8) is 0 Å². The van der Waals surface area contributed by atoms with Gasteiger partial charge in [0.1, 0.15) is 0 Å². The van der Waals surface area contributed by atoms with Crippen LogP contribution in [0.1, 0.15) is 0 Å². The van der Waals surface area contributed by atoms with Crippen LogP contribution in [0.2, 0.25) is 0 Å². The molecule has 0 bridgehead atoms. The standard InChI is InChI=1S/C62H43N/c1-6-20-44(21-7-1)53-32-18-33-54(59(53)47-22-8-2-9-23-47)45-36-40-51(41-37-45)63(50-28-14-5-15-29-50)52-42-38-46(39-43-52)55-34-19-35-58-61(49-26-12-4-13-27-49)60(48-24-10-3-11-25-48)56-30-16-17-31-57(56)62(55)58/h1-43H. The van der Waals surface area contributed by atoms with Crippen molar-refractivity contribution < 1.29 is 0 Å². The maximum atomic E-state index is 2.35. The molecule has 0 heterocycles. The quantitative estimate of drug-likeness (QED) is 0.131. The summed E-state index contributed by atoms with van der Waals surface area (Å²) in [6.45, 7) is 0. The van der Waals surface area contributed by atoms with E-state index in [4.69, 9.17) is 0 Å². The van der Waals surface area contributed by atoms with Crippen molar-refractivity contribution in [1.82, 2.24) is 0 Å². The number of nitrogens with zero attached hydrogens (tertiary/aromatic N) is 1. The first kappa shape index (κ1) is 37.7. The molecule has 0 unspecified atom stereocenters. The highest BCUT2D eigenvalue weighted by Crippen LogP contribution is 2.48. The first-order valence-electron chi connectivity index (χ1n) is 21.7. The Hall–Kier alpha value is -8.26. The zero-order valence-corrected chi connectivity index (χ0v) is 34.8. The second-order valence-corrected chi connectivity index (χ2v) is 16.0. The molecule has 0 aliphatic rings. The fourth-order valence-electron chi connectivity index (χ4n) is 9.46. The highest BCUT2D eigenvalue weighted by Gasteiger charge is 2.21. The van der Waals surface area contributed by atoms with Gasteiger partial charge in [0.05, 0.1) is 0 Å². The second-order valence-electron chi connectivity index (χ2n) is 16.0. The minimum atomic E-state index is 1.09. The smallest absolute Gasteiger partial charge is 0.0462 e. The van der Waals surface area contributed by atoms with E-state index in [0.29, 0.717) is 0 Å². The molecule has 0 radical (unpaired) electrons. The topological polar surface area (TPSA) is 3.24 Å². The van der Waals surface area contributed by atoms with Crippen LogP contribution in [0.15, 0.2) is 261 Å². The van der Waals surface area contributed by atoms with Gasteiger partial charge in [-0.25, -0.2) is 0 Å². The summed E-state index contributed by atoms with van der Waals surface area (Å²) in [5.74, 6) is 0. The molecule has 0 fully saturated rings. The molecule has 0 saturated heterocycles. The predicted octanol–water partition coefficient (Wildman–Crippen LogP) is 17.5. The predicted molar refractivity (Wildman–Crippen MR) is 269 cm³/mol. The summed E-state index contributed by atoms with van der Waals surface area (Å²) >= 11 is 0. The van der Waals surface area contributed by atoms with Gasteiger partial charge in [-0.2, -0.15) is 0 Å².